The van der Waals surface area contributed by atoms with Crippen molar-refractivity contribution in [1.82, 2.24) is 10.2 Å². The number of aliphatic hydroxyl groups excluding tert-OH is 1. The van der Waals surface area contributed by atoms with Gasteiger partial charge in [0.15, 0.2) is 0 Å². The average molecular weight is 335 g/mol. The van der Waals surface area contributed by atoms with Gasteiger partial charge in [0, 0.05) is 29.9 Å². The SMILES string of the molecule is CCCCN(CCO)C(=O)Nc1cccc(C(=O)NC(C)(C)C)c1. The van der Waals surface area contributed by atoms with E-state index < -0.39 is 0 Å². The smallest absolute Gasteiger partial charge is 0.321 e. The van der Waals surface area contributed by atoms with Gasteiger partial charge < -0.3 is 20.6 Å². The lowest BCUT2D eigenvalue weighted by Crippen LogP contribution is -2.40. The summed E-state index contributed by atoms with van der Waals surface area (Å²) in [6.07, 6.45) is 1.85. The molecule has 1 aromatic carbocycles. The number of benzene rings is 1. The second-order valence-electron chi connectivity index (χ2n) is 6.78. The van der Waals surface area contributed by atoms with Crippen molar-refractivity contribution in [3.63, 3.8) is 0 Å². The van der Waals surface area contributed by atoms with Crippen LogP contribution < -0.4 is 10.6 Å². The number of carbonyl (C=O) groups excluding carboxylic acids is 2. The van der Waals surface area contributed by atoms with E-state index >= 15 is 0 Å². The van der Waals surface area contributed by atoms with E-state index in [2.05, 4.69) is 10.6 Å². The van der Waals surface area contributed by atoms with Gasteiger partial charge in [-0.25, -0.2) is 4.79 Å². The van der Waals surface area contributed by atoms with E-state index in [0.29, 0.717) is 17.8 Å². The Labute approximate surface area is 144 Å². The standard InChI is InChI=1S/C18H29N3O3/c1-5-6-10-21(11-12-22)17(24)19-15-9-7-8-14(13-15)16(23)20-18(2,3)4/h7-9,13,22H,5-6,10-12H2,1-4H3,(H,19,24)(H,20,23). The molecule has 1 aromatic rings. The van der Waals surface area contributed by atoms with Crippen molar-refractivity contribution < 1.29 is 14.7 Å². The van der Waals surface area contributed by atoms with Crippen LogP contribution in [-0.4, -0.2) is 47.2 Å². The van der Waals surface area contributed by atoms with Crippen molar-refractivity contribution in [2.45, 2.75) is 46.1 Å². The Morgan fingerprint density at radius 3 is 2.50 bits per heavy atom. The number of rotatable bonds is 7. The molecule has 24 heavy (non-hydrogen) atoms. The largest absolute Gasteiger partial charge is 0.395 e. The third kappa shape index (κ3) is 7.00. The van der Waals surface area contributed by atoms with Crippen LogP contribution in [0.5, 0.6) is 0 Å². The zero-order valence-electron chi connectivity index (χ0n) is 15.1. The highest BCUT2D eigenvalue weighted by Gasteiger charge is 2.17. The topological polar surface area (TPSA) is 81.7 Å². The molecule has 6 heteroatoms. The predicted octanol–water partition coefficient (Wildman–Crippen LogP) is 2.84. The lowest BCUT2D eigenvalue weighted by Gasteiger charge is -2.22. The van der Waals surface area contributed by atoms with Gasteiger partial charge in [-0.2, -0.15) is 0 Å². The summed E-state index contributed by atoms with van der Waals surface area (Å²) in [5, 5.41) is 14.8. The number of urea groups is 1. The fraction of sp³-hybridized carbons (Fsp3) is 0.556. The maximum absolute atomic E-state index is 12.3. The van der Waals surface area contributed by atoms with E-state index in [-0.39, 0.29) is 30.6 Å². The molecule has 6 nitrogen and oxygen atoms in total. The van der Waals surface area contributed by atoms with Crippen LogP contribution >= 0.6 is 0 Å². The molecule has 0 aliphatic heterocycles. The van der Waals surface area contributed by atoms with Crippen LogP contribution in [0.4, 0.5) is 10.5 Å². The summed E-state index contributed by atoms with van der Waals surface area (Å²) in [6.45, 7) is 8.59. The maximum atomic E-state index is 12.3. The van der Waals surface area contributed by atoms with E-state index in [1.807, 2.05) is 27.7 Å². The zero-order chi connectivity index (χ0) is 18.2. The molecule has 0 aliphatic carbocycles. The number of carbonyl (C=O) groups is 2. The molecule has 0 saturated carbocycles. The highest BCUT2D eigenvalue weighted by atomic mass is 16.3. The van der Waals surface area contributed by atoms with Crippen LogP contribution in [0.1, 0.15) is 50.9 Å². The van der Waals surface area contributed by atoms with Crippen LogP contribution in [0.2, 0.25) is 0 Å². The monoisotopic (exact) mass is 335 g/mol. The molecule has 3 amide bonds. The van der Waals surface area contributed by atoms with Crippen molar-refractivity contribution in [2.24, 2.45) is 0 Å². The molecule has 1 rings (SSSR count). The molecule has 0 aliphatic rings. The van der Waals surface area contributed by atoms with Gasteiger partial charge in [0.05, 0.1) is 6.61 Å². The van der Waals surface area contributed by atoms with Crippen molar-refractivity contribution in [1.29, 1.82) is 0 Å². The van der Waals surface area contributed by atoms with Gasteiger partial charge in [0.2, 0.25) is 0 Å². The lowest BCUT2D eigenvalue weighted by molar-refractivity contribution is 0.0919. The molecule has 0 atom stereocenters. The van der Waals surface area contributed by atoms with Gasteiger partial charge in [-0.3, -0.25) is 4.79 Å². The summed E-state index contributed by atoms with van der Waals surface area (Å²) < 4.78 is 0. The molecule has 0 aromatic heterocycles. The van der Waals surface area contributed by atoms with E-state index in [4.69, 9.17) is 5.11 Å². The van der Waals surface area contributed by atoms with E-state index in [1.165, 1.54) is 0 Å². The number of anilines is 1. The van der Waals surface area contributed by atoms with Crippen molar-refractivity contribution >= 4 is 17.6 Å². The molecular weight excluding hydrogens is 306 g/mol. The molecule has 0 bridgehead atoms. The number of unbranched alkanes of at least 4 members (excludes halogenated alkanes) is 1. The third-order valence-electron chi connectivity index (χ3n) is 3.30. The van der Waals surface area contributed by atoms with Gasteiger partial charge in [-0.15, -0.1) is 0 Å². The Morgan fingerprint density at radius 2 is 1.92 bits per heavy atom. The molecule has 0 saturated heterocycles. The average Bonchev–Trinajstić information content (AvgIpc) is 2.50. The molecule has 0 fully saturated rings. The Hall–Kier alpha value is -2.08. The third-order valence-corrected chi connectivity index (χ3v) is 3.30. The second kappa shape index (κ2) is 9.27. The fourth-order valence-corrected chi connectivity index (χ4v) is 2.14. The fourth-order valence-electron chi connectivity index (χ4n) is 2.14. The number of nitrogens with zero attached hydrogens (tertiary/aromatic N) is 1. The summed E-state index contributed by atoms with van der Waals surface area (Å²) >= 11 is 0. The Bertz CT molecular complexity index is 553. The van der Waals surface area contributed by atoms with Crippen LogP contribution in [0, 0.1) is 0 Å². The van der Waals surface area contributed by atoms with E-state index in [1.54, 1.807) is 29.2 Å². The normalized spacial score (nSPS) is 11.0. The van der Waals surface area contributed by atoms with Crippen LogP contribution in [0.3, 0.4) is 0 Å². The van der Waals surface area contributed by atoms with Gasteiger partial charge in [-0.1, -0.05) is 19.4 Å². The predicted molar refractivity (Wildman–Crippen MR) is 96.2 cm³/mol. The minimum Gasteiger partial charge on any atom is -0.395 e. The summed E-state index contributed by atoms with van der Waals surface area (Å²) in [5.41, 5.74) is 0.722. The zero-order valence-corrected chi connectivity index (χ0v) is 15.1. The minimum absolute atomic E-state index is 0.0782. The second-order valence-corrected chi connectivity index (χ2v) is 6.78. The van der Waals surface area contributed by atoms with E-state index in [9.17, 15) is 9.59 Å². The molecule has 134 valence electrons. The number of amides is 3. The first-order valence-electron chi connectivity index (χ1n) is 8.36. The van der Waals surface area contributed by atoms with Gasteiger partial charge >= 0.3 is 6.03 Å². The Balaban J connectivity index is 2.78. The Kier molecular flexibility index (Phi) is 7.71. The molecule has 0 heterocycles. The first-order valence-corrected chi connectivity index (χ1v) is 8.36. The Morgan fingerprint density at radius 1 is 1.21 bits per heavy atom. The van der Waals surface area contributed by atoms with E-state index in [0.717, 1.165) is 12.8 Å². The summed E-state index contributed by atoms with van der Waals surface area (Å²) in [4.78, 5) is 26.1. The van der Waals surface area contributed by atoms with Gasteiger partial charge in [0.1, 0.15) is 0 Å². The minimum atomic E-state index is -0.325. The highest BCUT2D eigenvalue weighted by Crippen LogP contribution is 2.13. The van der Waals surface area contributed by atoms with Crippen LogP contribution in [0.15, 0.2) is 24.3 Å². The van der Waals surface area contributed by atoms with Crippen molar-refractivity contribution in [2.75, 3.05) is 25.0 Å². The highest BCUT2D eigenvalue weighted by molar-refractivity contribution is 5.97. The first-order chi connectivity index (χ1) is 11.3. The quantitative estimate of drug-likeness (QED) is 0.716. The molecule has 0 unspecified atom stereocenters. The van der Waals surface area contributed by atoms with Crippen LogP contribution in [-0.2, 0) is 0 Å². The number of nitrogens with one attached hydrogen (secondary N) is 2. The number of hydrogen-bond acceptors (Lipinski definition) is 3. The molecule has 0 spiro atoms. The van der Waals surface area contributed by atoms with Gasteiger partial charge in [-0.05, 0) is 45.4 Å². The first kappa shape index (κ1) is 20.0. The summed E-state index contributed by atoms with van der Waals surface area (Å²) in [7, 11) is 0. The molecule has 0 radical (unpaired) electrons. The molecular formula is C18H29N3O3. The number of hydrogen-bond donors (Lipinski definition) is 3. The van der Waals surface area contributed by atoms with Crippen molar-refractivity contribution in [3.8, 4) is 0 Å². The van der Waals surface area contributed by atoms with Crippen LogP contribution in [0.25, 0.3) is 0 Å². The maximum Gasteiger partial charge on any atom is 0.321 e. The number of aliphatic hydroxyl groups is 1. The summed E-state index contributed by atoms with van der Waals surface area (Å²) in [6, 6.07) is 6.55. The van der Waals surface area contributed by atoms with Crippen molar-refractivity contribution in [3.05, 3.63) is 29.8 Å². The lowest BCUT2D eigenvalue weighted by atomic mass is 10.1. The summed E-state index contributed by atoms with van der Waals surface area (Å²) in [5.74, 6) is -0.184. The molecule has 3 N–H and O–H groups in total. The van der Waals surface area contributed by atoms with Gasteiger partial charge in [0.25, 0.3) is 5.91 Å².